The molecule has 0 radical (unpaired) electrons. The van der Waals surface area contributed by atoms with Gasteiger partial charge in [0.1, 0.15) is 0 Å². The van der Waals surface area contributed by atoms with Gasteiger partial charge in [-0.3, -0.25) is 0 Å². The summed E-state index contributed by atoms with van der Waals surface area (Å²) >= 11 is 0. The summed E-state index contributed by atoms with van der Waals surface area (Å²) in [6.45, 7) is 7.50. The summed E-state index contributed by atoms with van der Waals surface area (Å²) in [7, 11) is 0. The van der Waals surface area contributed by atoms with Gasteiger partial charge in [-0.15, -0.1) is 0 Å². The van der Waals surface area contributed by atoms with Crippen LogP contribution in [-0.2, 0) is 4.74 Å². The number of carbonyl (C=O) groups is 1. The molecule has 2 amide bonds. The minimum absolute atomic E-state index is 0.0327. The second-order valence-corrected chi connectivity index (χ2v) is 6.53. The third-order valence-corrected chi connectivity index (χ3v) is 4.90. The lowest BCUT2D eigenvalue weighted by atomic mass is 9.80. The third-order valence-electron chi connectivity index (χ3n) is 4.90. The molecule has 2 saturated heterocycles. The first-order chi connectivity index (χ1) is 10.1. The van der Waals surface area contributed by atoms with Crippen LogP contribution in [0.1, 0.15) is 30.4 Å². The van der Waals surface area contributed by atoms with Crippen molar-refractivity contribution in [1.82, 2.24) is 4.90 Å². The summed E-state index contributed by atoms with van der Waals surface area (Å²) < 4.78 is 5.46. The molecular formula is C17H24N2O2. The number of nitrogens with zero attached hydrogens (tertiary/aromatic N) is 1. The van der Waals surface area contributed by atoms with E-state index in [-0.39, 0.29) is 6.03 Å². The van der Waals surface area contributed by atoms with Crippen molar-refractivity contribution in [3.63, 3.8) is 0 Å². The number of aryl methyl sites for hydroxylation is 2. The van der Waals surface area contributed by atoms with E-state index in [1.54, 1.807) is 0 Å². The van der Waals surface area contributed by atoms with Gasteiger partial charge < -0.3 is 15.0 Å². The molecule has 21 heavy (non-hydrogen) atoms. The Labute approximate surface area is 126 Å². The van der Waals surface area contributed by atoms with Crippen LogP contribution in [0.5, 0.6) is 0 Å². The van der Waals surface area contributed by atoms with Crippen LogP contribution >= 0.6 is 0 Å². The summed E-state index contributed by atoms with van der Waals surface area (Å²) in [5.41, 5.74) is 3.55. The first-order valence-corrected chi connectivity index (χ1v) is 7.79. The molecule has 0 saturated carbocycles. The Balaban J connectivity index is 1.64. The highest BCUT2D eigenvalue weighted by molar-refractivity contribution is 5.90. The number of rotatable bonds is 1. The van der Waals surface area contributed by atoms with Crippen LogP contribution in [0.4, 0.5) is 10.5 Å². The maximum Gasteiger partial charge on any atom is 0.321 e. The Morgan fingerprint density at radius 2 is 2.00 bits per heavy atom. The molecule has 0 bridgehead atoms. The van der Waals surface area contributed by atoms with Gasteiger partial charge in [0.25, 0.3) is 0 Å². The van der Waals surface area contributed by atoms with Gasteiger partial charge in [-0.05, 0) is 50.2 Å². The minimum Gasteiger partial charge on any atom is -0.381 e. The summed E-state index contributed by atoms with van der Waals surface area (Å²) in [5, 5.41) is 3.06. The van der Waals surface area contributed by atoms with Crippen molar-refractivity contribution in [1.29, 1.82) is 0 Å². The van der Waals surface area contributed by atoms with Gasteiger partial charge in [0, 0.05) is 32.0 Å². The molecule has 0 unspecified atom stereocenters. The van der Waals surface area contributed by atoms with E-state index < -0.39 is 0 Å². The number of benzene rings is 1. The number of nitrogens with one attached hydrogen (secondary N) is 1. The maximum atomic E-state index is 12.5. The first kappa shape index (κ1) is 14.4. The molecule has 3 rings (SSSR count). The zero-order valence-corrected chi connectivity index (χ0v) is 12.9. The monoisotopic (exact) mass is 288 g/mol. The number of hydrogen-bond donors (Lipinski definition) is 1. The number of hydrogen-bond acceptors (Lipinski definition) is 2. The van der Waals surface area contributed by atoms with Gasteiger partial charge in [-0.25, -0.2) is 4.79 Å². The van der Waals surface area contributed by atoms with E-state index >= 15 is 0 Å². The molecule has 1 aromatic rings. The van der Waals surface area contributed by atoms with Gasteiger partial charge in [-0.2, -0.15) is 0 Å². The van der Waals surface area contributed by atoms with Crippen molar-refractivity contribution >= 4 is 11.7 Å². The van der Waals surface area contributed by atoms with Crippen LogP contribution in [0.3, 0.4) is 0 Å². The lowest BCUT2D eigenvalue weighted by molar-refractivity contribution is 0.0211. The molecule has 4 heteroatoms. The van der Waals surface area contributed by atoms with Gasteiger partial charge in [0.15, 0.2) is 0 Å². The maximum absolute atomic E-state index is 12.5. The normalized spacial score (nSPS) is 20.8. The van der Waals surface area contributed by atoms with Crippen molar-refractivity contribution in [2.45, 2.75) is 33.1 Å². The zero-order valence-electron chi connectivity index (χ0n) is 12.9. The van der Waals surface area contributed by atoms with Crippen LogP contribution < -0.4 is 5.32 Å². The van der Waals surface area contributed by atoms with Crippen molar-refractivity contribution < 1.29 is 9.53 Å². The molecule has 2 aliphatic heterocycles. The highest BCUT2D eigenvalue weighted by atomic mass is 16.5. The van der Waals surface area contributed by atoms with E-state index in [0.29, 0.717) is 5.41 Å². The highest BCUT2D eigenvalue weighted by Gasteiger charge is 2.40. The molecule has 1 spiro atoms. The first-order valence-electron chi connectivity index (χ1n) is 7.79. The Morgan fingerprint density at radius 3 is 2.71 bits per heavy atom. The van der Waals surface area contributed by atoms with Gasteiger partial charge in [-0.1, -0.05) is 17.7 Å². The molecule has 0 aliphatic carbocycles. The lowest BCUT2D eigenvalue weighted by Gasteiger charge is -2.33. The topological polar surface area (TPSA) is 41.6 Å². The van der Waals surface area contributed by atoms with Crippen molar-refractivity contribution in [3.05, 3.63) is 29.3 Å². The minimum atomic E-state index is 0.0327. The highest BCUT2D eigenvalue weighted by Crippen LogP contribution is 2.39. The van der Waals surface area contributed by atoms with Crippen LogP contribution in [-0.4, -0.2) is 37.2 Å². The number of ether oxygens (including phenoxy) is 1. The summed E-state index contributed by atoms with van der Waals surface area (Å²) in [6.07, 6.45) is 3.28. The Kier molecular flexibility index (Phi) is 3.89. The second kappa shape index (κ2) is 5.68. The fourth-order valence-corrected chi connectivity index (χ4v) is 3.47. The van der Waals surface area contributed by atoms with Crippen molar-refractivity contribution in [2.75, 3.05) is 31.6 Å². The SMILES string of the molecule is Cc1ccc(NC(=O)N2CCC3(CCOCC3)C2)c(C)c1. The van der Waals surface area contributed by atoms with E-state index in [1.807, 2.05) is 24.0 Å². The average molecular weight is 288 g/mol. The van der Waals surface area contributed by atoms with Crippen LogP contribution in [0.15, 0.2) is 18.2 Å². The molecule has 2 heterocycles. The van der Waals surface area contributed by atoms with Crippen LogP contribution in [0.2, 0.25) is 0 Å². The van der Waals surface area contributed by atoms with Gasteiger partial charge >= 0.3 is 6.03 Å². The van der Waals surface area contributed by atoms with Gasteiger partial charge in [0.05, 0.1) is 0 Å². The molecule has 2 aliphatic rings. The summed E-state index contributed by atoms with van der Waals surface area (Å²) in [4.78, 5) is 14.4. The molecule has 4 nitrogen and oxygen atoms in total. The third kappa shape index (κ3) is 3.05. The number of carbonyl (C=O) groups excluding carboxylic acids is 1. The molecule has 114 valence electrons. The average Bonchev–Trinajstić information content (AvgIpc) is 2.86. The zero-order chi connectivity index (χ0) is 14.9. The summed E-state index contributed by atoms with van der Waals surface area (Å²) in [6, 6.07) is 6.15. The fourth-order valence-electron chi connectivity index (χ4n) is 3.47. The van der Waals surface area contributed by atoms with Crippen molar-refractivity contribution in [3.8, 4) is 0 Å². The fraction of sp³-hybridized carbons (Fsp3) is 0.588. The van der Waals surface area contributed by atoms with E-state index in [9.17, 15) is 4.79 Å². The Hall–Kier alpha value is -1.55. The second-order valence-electron chi connectivity index (χ2n) is 6.53. The largest absolute Gasteiger partial charge is 0.381 e. The quantitative estimate of drug-likeness (QED) is 0.861. The lowest BCUT2D eigenvalue weighted by Crippen LogP contribution is -2.37. The number of amides is 2. The van der Waals surface area contributed by atoms with E-state index in [1.165, 1.54) is 5.56 Å². The molecule has 2 fully saturated rings. The molecule has 1 N–H and O–H groups in total. The summed E-state index contributed by atoms with van der Waals surface area (Å²) in [5.74, 6) is 0. The molecular weight excluding hydrogens is 264 g/mol. The van der Waals surface area contributed by atoms with E-state index in [2.05, 4.69) is 18.3 Å². The van der Waals surface area contributed by atoms with Gasteiger partial charge in [0.2, 0.25) is 0 Å². The predicted octanol–water partition coefficient (Wildman–Crippen LogP) is 3.34. The number of likely N-dealkylation sites (tertiary alicyclic amines) is 1. The molecule has 0 aromatic heterocycles. The van der Waals surface area contributed by atoms with E-state index in [0.717, 1.165) is 56.8 Å². The predicted molar refractivity (Wildman–Crippen MR) is 83.6 cm³/mol. The Bertz CT molecular complexity index is 536. The van der Waals surface area contributed by atoms with Crippen LogP contribution in [0, 0.1) is 19.3 Å². The Morgan fingerprint density at radius 1 is 1.24 bits per heavy atom. The molecule has 1 aromatic carbocycles. The smallest absolute Gasteiger partial charge is 0.321 e. The standard InChI is InChI=1S/C17H24N2O2/c1-13-3-4-15(14(2)11-13)18-16(20)19-8-5-17(12-19)6-9-21-10-7-17/h3-4,11H,5-10,12H2,1-2H3,(H,18,20). The van der Waals surface area contributed by atoms with E-state index in [4.69, 9.17) is 4.74 Å². The number of anilines is 1. The van der Waals surface area contributed by atoms with Crippen molar-refractivity contribution in [2.24, 2.45) is 5.41 Å². The molecule has 0 atom stereocenters. The number of urea groups is 1. The van der Waals surface area contributed by atoms with Crippen LogP contribution in [0.25, 0.3) is 0 Å².